The fraction of sp³-hybridized carbons (Fsp3) is 0.769. The van der Waals surface area contributed by atoms with Gasteiger partial charge in [0.1, 0.15) is 10.6 Å². The molecule has 2 aliphatic rings. The van der Waals surface area contributed by atoms with E-state index in [4.69, 9.17) is 14.5 Å². The molecule has 100 valence electrons. The van der Waals surface area contributed by atoms with E-state index < -0.39 is 0 Å². The van der Waals surface area contributed by atoms with Crippen molar-refractivity contribution in [2.75, 3.05) is 20.3 Å². The van der Waals surface area contributed by atoms with E-state index in [9.17, 15) is 5.11 Å². The van der Waals surface area contributed by atoms with Crippen molar-refractivity contribution in [3.8, 4) is 0 Å². The maximum absolute atomic E-state index is 10.0. The molecular weight excluding hydrogens is 250 g/mol. The second-order valence-corrected chi connectivity index (χ2v) is 6.08. The number of hydrogen-bond donors (Lipinski definition) is 1. The maximum atomic E-state index is 10.0. The molecule has 1 aliphatic carbocycles. The van der Waals surface area contributed by atoms with Crippen LogP contribution in [0.5, 0.6) is 0 Å². The Morgan fingerprint density at radius 2 is 2.22 bits per heavy atom. The summed E-state index contributed by atoms with van der Waals surface area (Å²) in [5.74, 6) is 0. The molecule has 0 spiro atoms. The molecule has 0 saturated carbocycles. The van der Waals surface area contributed by atoms with Crippen LogP contribution in [0.4, 0.5) is 0 Å². The van der Waals surface area contributed by atoms with Gasteiger partial charge in [0.15, 0.2) is 0 Å². The lowest BCUT2D eigenvalue weighted by molar-refractivity contribution is -0.0948. The SMILES string of the molecule is COC1(c2nc3c(s2)C(O)CCC3)CCOCC1. The van der Waals surface area contributed by atoms with E-state index >= 15 is 0 Å². The largest absolute Gasteiger partial charge is 0.388 e. The van der Waals surface area contributed by atoms with Gasteiger partial charge in [-0.05, 0) is 19.3 Å². The Hall–Kier alpha value is -0.490. The lowest BCUT2D eigenvalue weighted by Crippen LogP contribution is -2.35. The standard InChI is InChI=1S/C13H19NO3S/c1-16-13(5-7-17-8-6-13)12-14-9-3-2-4-10(15)11(9)18-12/h10,15H,2-8H2,1H3. The monoisotopic (exact) mass is 269 g/mol. The molecule has 2 heterocycles. The van der Waals surface area contributed by atoms with E-state index in [2.05, 4.69) is 0 Å². The van der Waals surface area contributed by atoms with Gasteiger partial charge in [0, 0.05) is 33.2 Å². The molecule has 1 aromatic heterocycles. The first kappa shape index (κ1) is 12.5. The van der Waals surface area contributed by atoms with Gasteiger partial charge in [-0.1, -0.05) is 0 Å². The summed E-state index contributed by atoms with van der Waals surface area (Å²) in [5, 5.41) is 11.1. The zero-order valence-electron chi connectivity index (χ0n) is 10.6. The third kappa shape index (κ3) is 1.99. The fourth-order valence-corrected chi connectivity index (χ4v) is 4.16. The van der Waals surface area contributed by atoms with Crippen molar-refractivity contribution in [1.82, 2.24) is 4.98 Å². The van der Waals surface area contributed by atoms with Gasteiger partial charge in [-0.15, -0.1) is 11.3 Å². The number of rotatable bonds is 2. The number of aromatic nitrogens is 1. The van der Waals surface area contributed by atoms with Crippen molar-refractivity contribution in [2.45, 2.75) is 43.8 Å². The first-order chi connectivity index (χ1) is 8.75. The Morgan fingerprint density at radius 1 is 1.44 bits per heavy atom. The highest BCUT2D eigenvalue weighted by Crippen LogP contribution is 2.42. The quantitative estimate of drug-likeness (QED) is 0.894. The lowest BCUT2D eigenvalue weighted by atomic mass is 9.94. The van der Waals surface area contributed by atoms with Gasteiger partial charge in [-0.2, -0.15) is 0 Å². The van der Waals surface area contributed by atoms with Gasteiger partial charge in [0.2, 0.25) is 0 Å². The maximum Gasteiger partial charge on any atom is 0.125 e. The Bertz CT molecular complexity index is 426. The average Bonchev–Trinajstić information content (AvgIpc) is 2.85. The van der Waals surface area contributed by atoms with Crippen LogP contribution in [0.3, 0.4) is 0 Å². The topological polar surface area (TPSA) is 51.6 Å². The number of ether oxygens (including phenoxy) is 2. The molecule has 18 heavy (non-hydrogen) atoms. The van der Waals surface area contributed by atoms with Crippen LogP contribution in [0.1, 0.15) is 47.4 Å². The predicted molar refractivity (Wildman–Crippen MR) is 68.8 cm³/mol. The van der Waals surface area contributed by atoms with Gasteiger partial charge in [0.05, 0.1) is 16.7 Å². The van der Waals surface area contributed by atoms with E-state index in [1.54, 1.807) is 18.4 Å². The normalized spacial score (nSPS) is 26.9. The van der Waals surface area contributed by atoms with Crippen LogP contribution >= 0.6 is 11.3 Å². The highest BCUT2D eigenvalue weighted by molar-refractivity contribution is 7.12. The van der Waals surface area contributed by atoms with E-state index in [1.807, 2.05) is 0 Å². The lowest BCUT2D eigenvalue weighted by Gasteiger charge is -2.33. The molecular formula is C13H19NO3S. The fourth-order valence-electron chi connectivity index (χ4n) is 2.80. The Morgan fingerprint density at radius 3 is 2.89 bits per heavy atom. The molecule has 1 unspecified atom stereocenters. The van der Waals surface area contributed by atoms with Crippen molar-refractivity contribution in [2.24, 2.45) is 0 Å². The molecule has 1 aromatic rings. The van der Waals surface area contributed by atoms with Gasteiger partial charge in [0.25, 0.3) is 0 Å². The summed E-state index contributed by atoms with van der Waals surface area (Å²) < 4.78 is 11.2. The van der Waals surface area contributed by atoms with Crippen molar-refractivity contribution in [3.05, 3.63) is 15.6 Å². The third-order valence-corrected chi connectivity index (χ3v) is 5.39. The molecule has 0 aromatic carbocycles. The molecule has 1 atom stereocenters. The molecule has 1 fully saturated rings. The van der Waals surface area contributed by atoms with E-state index in [0.29, 0.717) is 0 Å². The number of aliphatic hydroxyl groups is 1. The van der Waals surface area contributed by atoms with Crippen molar-refractivity contribution in [3.63, 3.8) is 0 Å². The number of nitrogens with zero attached hydrogens (tertiary/aromatic N) is 1. The number of hydrogen-bond acceptors (Lipinski definition) is 5. The van der Waals surface area contributed by atoms with E-state index in [-0.39, 0.29) is 11.7 Å². The number of fused-ring (bicyclic) bond motifs is 1. The summed E-state index contributed by atoms with van der Waals surface area (Å²) in [6.45, 7) is 1.45. The highest BCUT2D eigenvalue weighted by Gasteiger charge is 2.39. The third-order valence-electron chi connectivity index (χ3n) is 4.00. The summed E-state index contributed by atoms with van der Waals surface area (Å²) in [4.78, 5) is 5.80. The average molecular weight is 269 g/mol. The van der Waals surface area contributed by atoms with Gasteiger partial charge >= 0.3 is 0 Å². The smallest absolute Gasteiger partial charge is 0.125 e. The number of aliphatic hydroxyl groups excluding tert-OH is 1. The molecule has 1 aliphatic heterocycles. The van der Waals surface area contributed by atoms with Gasteiger partial charge < -0.3 is 14.6 Å². The van der Waals surface area contributed by atoms with E-state index in [0.717, 1.165) is 60.9 Å². The van der Waals surface area contributed by atoms with Crippen LogP contribution < -0.4 is 0 Å². The molecule has 0 radical (unpaired) electrons. The van der Waals surface area contributed by atoms with Gasteiger partial charge in [-0.3, -0.25) is 0 Å². The van der Waals surface area contributed by atoms with Crippen LogP contribution in [-0.4, -0.2) is 30.4 Å². The van der Waals surface area contributed by atoms with Crippen LogP contribution in [0, 0.1) is 0 Å². The minimum atomic E-state index is -0.325. The molecule has 1 N–H and O–H groups in total. The minimum Gasteiger partial charge on any atom is -0.388 e. The van der Waals surface area contributed by atoms with Crippen LogP contribution in [0.15, 0.2) is 0 Å². The summed E-state index contributed by atoms with van der Waals surface area (Å²) in [7, 11) is 1.75. The minimum absolute atomic E-state index is 0.292. The van der Waals surface area contributed by atoms with Crippen molar-refractivity contribution in [1.29, 1.82) is 0 Å². The number of thiazole rings is 1. The first-order valence-corrected chi connectivity index (χ1v) is 7.38. The predicted octanol–water partition coefficient (Wildman–Crippen LogP) is 2.16. The summed E-state index contributed by atoms with van der Waals surface area (Å²) in [5.41, 5.74) is 0.789. The van der Waals surface area contributed by atoms with Crippen LogP contribution in [0.25, 0.3) is 0 Å². The first-order valence-electron chi connectivity index (χ1n) is 6.56. The molecule has 0 amide bonds. The van der Waals surface area contributed by atoms with Crippen molar-refractivity contribution >= 4 is 11.3 Å². The second kappa shape index (κ2) is 4.89. The zero-order chi connectivity index (χ0) is 12.6. The molecule has 1 saturated heterocycles. The zero-order valence-corrected chi connectivity index (χ0v) is 11.5. The van der Waals surface area contributed by atoms with Gasteiger partial charge in [-0.25, -0.2) is 4.98 Å². The van der Waals surface area contributed by atoms with Crippen LogP contribution in [0.2, 0.25) is 0 Å². The molecule has 0 bridgehead atoms. The summed E-state index contributed by atoms with van der Waals surface area (Å²) >= 11 is 1.63. The van der Waals surface area contributed by atoms with Crippen LogP contribution in [-0.2, 0) is 21.5 Å². The molecule has 3 rings (SSSR count). The second-order valence-electron chi connectivity index (χ2n) is 5.05. The molecule has 5 heteroatoms. The Labute approximate surface area is 111 Å². The highest BCUT2D eigenvalue weighted by atomic mass is 32.1. The summed E-state index contributed by atoms with van der Waals surface area (Å²) in [6.07, 6.45) is 4.25. The number of aryl methyl sites for hydroxylation is 1. The Kier molecular flexibility index (Phi) is 3.40. The van der Waals surface area contributed by atoms with Crippen molar-refractivity contribution < 1.29 is 14.6 Å². The summed E-state index contributed by atoms with van der Waals surface area (Å²) in [6, 6.07) is 0. The molecule has 4 nitrogen and oxygen atoms in total. The Balaban J connectivity index is 1.95. The number of methoxy groups -OCH3 is 1. The van der Waals surface area contributed by atoms with E-state index in [1.165, 1.54) is 0 Å².